The molecule has 0 saturated heterocycles. The number of amides is 1. The zero-order valence-electron chi connectivity index (χ0n) is 13.8. The molecule has 0 atom stereocenters. The number of benzene rings is 1. The molecule has 6 nitrogen and oxygen atoms in total. The van der Waals surface area contributed by atoms with Crippen LogP contribution >= 0.6 is 11.8 Å². The quantitative estimate of drug-likeness (QED) is 0.689. The van der Waals surface area contributed by atoms with E-state index in [0.29, 0.717) is 25.3 Å². The van der Waals surface area contributed by atoms with Gasteiger partial charge in [-0.3, -0.25) is 9.36 Å². The molecule has 0 saturated carbocycles. The number of ether oxygens (including phenoxy) is 1. The molecule has 0 aliphatic heterocycles. The third-order valence-electron chi connectivity index (χ3n) is 3.49. The van der Waals surface area contributed by atoms with E-state index in [9.17, 15) is 4.79 Å². The molecule has 1 aromatic heterocycles. The lowest BCUT2D eigenvalue weighted by Crippen LogP contribution is -2.33. The summed E-state index contributed by atoms with van der Waals surface area (Å²) in [6.45, 7) is 2.99. The Morgan fingerprint density at radius 2 is 2.33 bits per heavy atom. The summed E-state index contributed by atoms with van der Waals surface area (Å²) in [6.07, 6.45) is 3.91. The van der Waals surface area contributed by atoms with Crippen LogP contribution in [0.5, 0.6) is 5.75 Å². The Morgan fingerprint density at radius 1 is 1.50 bits per heavy atom. The second kappa shape index (κ2) is 8.99. The zero-order chi connectivity index (χ0) is 17.4. The third kappa shape index (κ3) is 4.52. The lowest BCUT2D eigenvalue weighted by molar-refractivity contribution is -0.128. The summed E-state index contributed by atoms with van der Waals surface area (Å²) >= 11 is 1.38. The third-order valence-corrected chi connectivity index (χ3v) is 4.44. The highest BCUT2D eigenvalue weighted by atomic mass is 32.2. The number of carbonyl (C=O) groups excluding carboxylic acids is 1. The van der Waals surface area contributed by atoms with E-state index in [1.54, 1.807) is 18.2 Å². The van der Waals surface area contributed by atoms with Gasteiger partial charge in [-0.1, -0.05) is 17.8 Å². The van der Waals surface area contributed by atoms with Gasteiger partial charge in [-0.2, -0.15) is 5.26 Å². The first-order valence-corrected chi connectivity index (χ1v) is 8.63. The molecule has 7 heteroatoms. The molecule has 0 unspecified atom stereocenters. The average molecular weight is 344 g/mol. The Kier molecular flexibility index (Phi) is 6.70. The van der Waals surface area contributed by atoms with Crippen LogP contribution in [0.25, 0.3) is 5.69 Å². The van der Waals surface area contributed by atoms with Crippen LogP contribution in [0.15, 0.2) is 41.8 Å². The number of imidazole rings is 1. The van der Waals surface area contributed by atoms with Gasteiger partial charge in [0.25, 0.3) is 0 Å². The molecule has 2 rings (SSSR count). The molecule has 1 amide bonds. The number of aromatic nitrogens is 2. The van der Waals surface area contributed by atoms with E-state index in [0.717, 1.165) is 16.6 Å². The number of hydrogen-bond acceptors (Lipinski definition) is 5. The molecule has 1 aromatic carbocycles. The highest BCUT2D eigenvalue weighted by Gasteiger charge is 2.14. The van der Waals surface area contributed by atoms with Crippen molar-refractivity contribution in [2.24, 2.45) is 0 Å². The van der Waals surface area contributed by atoms with E-state index in [1.807, 2.05) is 42.0 Å². The van der Waals surface area contributed by atoms with Gasteiger partial charge in [-0.25, -0.2) is 4.98 Å². The van der Waals surface area contributed by atoms with Crippen molar-refractivity contribution >= 4 is 17.7 Å². The molecule has 1 heterocycles. The molecule has 0 N–H and O–H groups in total. The van der Waals surface area contributed by atoms with E-state index >= 15 is 0 Å². The van der Waals surface area contributed by atoms with Crippen molar-refractivity contribution in [3.05, 3.63) is 36.7 Å². The second-order valence-electron chi connectivity index (χ2n) is 4.95. The standard InChI is InChI=1S/C17H20N4O2S/c1-3-20(10-5-8-18)16(22)13-24-17-19-9-11-21(17)14-6-4-7-15(12-14)23-2/h4,6-7,9,11-12H,3,5,10,13H2,1-2H3. The van der Waals surface area contributed by atoms with Gasteiger partial charge in [0.1, 0.15) is 5.75 Å². The number of nitriles is 1. The summed E-state index contributed by atoms with van der Waals surface area (Å²) in [5, 5.41) is 9.40. The van der Waals surface area contributed by atoms with E-state index in [4.69, 9.17) is 10.00 Å². The average Bonchev–Trinajstić information content (AvgIpc) is 3.09. The Bertz CT molecular complexity index is 723. The van der Waals surface area contributed by atoms with Crippen LogP contribution in [0, 0.1) is 11.3 Å². The fraction of sp³-hybridized carbons (Fsp3) is 0.353. The Labute approximate surface area is 146 Å². The van der Waals surface area contributed by atoms with E-state index < -0.39 is 0 Å². The molecule has 0 aliphatic rings. The summed E-state index contributed by atoms with van der Waals surface area (Å²) in [5.41, 5.74) is 0.929. The maximum Gasteiger partial charge on any atom is 0.233 e. The summed E-state index contributed by atoms with van der Waals surface area (Å²) in [4.78, 5) is 18.3. The van der Waals surface area contributed by atoms with Crippen molar-refractivity contribution in [2.75, 3.05) is 26.0 Å². The van der Waals surface area contributed by atoms with Gasteiger partial charge < -0.3 is 9.64 Å². The Morgan fingerprint density at radius 3 is 3.04 bits per heavy atom. The molecule has 0 aliphatic carbocycles. The van der Waals surface area contributed by atoms with Crippen molar-refractivity contribution < 1.29 is 9.53 Å². The van der Waals surface area contributed by atoms with Crippen LogP contribution in [0.1, 0.15) is 13.3 Å². The van der Waals surface area contributed by atoms with Crippen LogP contribution in [0.3, 0.4) is 0 Å². The van der Waals surface area contributed by atoms with Crippen LogP contribution in [0.2, 0.25) is 0 Å². The van der Waals surface area contributed by atoms with E-state index in [2.05, 4.69) is 11.1 Å². The van der Waals surface area contributed by atoms with Gasteiger partial charge in [0.15, 0.2) is 5.16 Å². The molecule has 0 spiro atoms. The van der Waals surface area contributed by atoms with E-state index in [1.165, 1.54) is 11.8 Å². The Balaban J connectivity index is 2.05. The van der Waals surface area contributed by atoms with Crippen molar-refractivity contribution in [1.29, 1.82) is 5.26 Å². The fourth-order valence-corrected chi connectivity index (χ4v) is 3.09. The smallest absolute Gasteiger partial charge is 0.233 e. The first-order chi connectivity index (χ1) is 11.7. The summed E-state index contributed by atoms with van der Waals surface area (Å²) in [5.74, 6) is 1.07. The minimum Gasteiger partial charge on any atom is -0.497 e. The number of methoxy groups -OCH3 is 1. The van der Waals surface area contributed by atoms with Crippen molar-refractivity contribution in [3.63, 3.8) is 0 Å². The first kappa shape index (κ1) is 17.9. The number of hydrogen-bond donors (Lipinski definition) is 0. The number of carbonyl (C=O) groups is 1. The largest absolute Gasteiger partial charge is 0.497 e. The van der Waals surface area contributed by atoms with Crippen molar-refractivity contribution in [2.45, 2.75) is 18.5 Å². The maximum atomic E-state index is 12.3. The monoisotopic (exact) mass is 344 g/mol. The van der Waals surface area contributed by atoms with Crippen LogP contribution < -0.4 is 4.74 Å². The van der Waals surface area contributed by atoms with Gasteiger partial charge in [0, 0.05) is 31.5 Å². The van der Waals surface area contributed by atoms with Gasteiger partial charge in [0.2, 0.25) is 5.91 Å². The van der Waals surface area contributed by atoms with E-state index in [-0.39, 0.29) is 5.91 Å². The fourth-order valence-electron chi connectivity index (χ4n) is 2.22. The number of nitrogens with zero attached hydrogens (tertiary/aromatic N) is 4. The van der Waals surface area contributed by atoms with Crippen LogP contribution in [0.4, 0.5) is 0 Å². The molecular weight excluding hydrogens is 324 g/mol. The zero-order valence-corrected chi connectivity index (χ0v) is 14.6. The number of rotatable bonds is 8. The van der Waals surface area contributed by atoms with Crippen LogP contribution in [-0.2, 0) is 4.79 Å². The Hall–Kier alpha value is -2.46. The van der Waals surface area contributed by atoms with Gasteiger partial charge in [-0.05, 0) is 19.1 Å². The molecule has 2 aromatic rings. The minimum atomic E-state index is 0.0120. The minimum absolute atomic E-state index is 0.0120. The van der Waals surface area contributed by atoms with Gasteiger partial charge in [-0.15, -0.1) is 0 Å². The topological polar surface area (TPSA) is 71.2 Å². The first-order valence-electron chi connectivity index (χ1n) is 7.65. The number of thioether (sulfide) groups is 1. The molecule has 126 valence electrons. The lowest BCUT2D eigenvalue weighted by atomic mass is 10.3. The maximum absolute atomic E-state index is 12.3. The summed E-state index contributed by atoms with van der Waals surface area (Å²) < 4.78 is 7.17. The molecule has 0 fully saturated rings. The highest BCUT2D eigenvalue weighted by molar-refractivity contribution is 7.99. The predicted molar refractivity (Wildman–Crippen MR) is 93.3 cm³/mol. The summed E-state index contributed by atoms with van der Waals surface area (Å²) in [6, 6.07) is 9.74. The van der Waals surface area contributed by atoms with Gasteiger partial charge in [0.05, 0.1) is 31.0 Å². The predicted octanol–water partition coefficient (Wildman–Crippen LogP) is 2.74. The van der Waals surface area contributed by atoms with Gasteiger partial charge >= 0.3 is 0 Å². The van der Waals surface area contributed by atoms with Crippen LogP contribution in [-0.4, -0.2) is 46.3 Å². The summed E-state index contributed by atoms with van der Waals surface area (Å²) in [7, 11) is 1.63. The van der Waals surface area contributed by atoms with Crippen molar-refractivity contribution in [1.82, 2.24) is 14.5 Å². The molecular formula is C17H20N4O2S. The van der Waals surface area contributed by atoms with Crippen molar-refractivity contribution in [3.8, 4) is 17.5 Å². The highest BCUT2D eigenvalue weighted by Crippen LogP contribution is 2.23. The lowest BCUT2D eigenvalue weighted by Gasteiger charge is -2.19. The normalized spacial score (nSPS) is 10.2. The molecule has 24 heavy (non-hydrogen) atoms. The SMILES string of the molecule is CCN(CCC#N)C(=O)CSc1nccn1-c1cccc(OC)c1. The molecule has 0 bridgehead atoms. The second-order valence-corrected chi connectivity index (χ2v) is 5.89. The molecule has 0 radical (unpaired) electrons.